The molecule has 1 aliphatic heterocycles. The maximum absolute atomic E-state index is 12.3. The van der Waals surface area contributed by atoms with Gasteiger partial charge in [0.05, 0.1) is 11.3 Å². The lowest BCUT2D eigenvalue weighted by Crippen LogP contribution is -2.39. The van der Waals surface area contributed by atoms with Crippen molar-refractivity contribution >= 4 is 41.5 Å². The van der Waals surface area contributed by atoms with Crippen LogP contribution in [0.1, 0.15) is 30.0 Å². The van der Waals surface area contributed by atoms with Crippen LogP contribution >= 0.6 is 23.4 Å². The number of aldehydes is 1. The average Bonchev–Trinajstić information content (AvgIpc) is 2.98. The molecule has 1 fully saturated rings. The summed E-state index contributed by atoms with van der Waals surface area (Å²) in [5.74, 6) is 0.122. The Labute approximate surface area is 161 Å². The summed E-state index contributed by atoms with van der Waals surface area (Å²) >= 11 is 7.52. The van der Waals surface area contributed by atoms with Crippen LogP contribution in [-0.2, 0) is 20.1 Å². The molecule has 0 saturated carbocycles. The Hall–Kier alpha value is -2.11. The van der Waals surface area contributed by atoms with E-state index in [9.17, 15) is 14.4 Å². The Morgan fingerprint density at radius 3 is 2.35 bits per heavy atom. The molecule has 4 nitrogen and oxygen atoms in total. The van der Waals surface area contributed by atoms with Crippen LogP contribution in [0.5, 0.6) is 0 Å². The largest absolute Gasteiger partial charge is 0.302 e. The molecule has 2 atom stereocenters. The minimum absolute atomic E-state index is 0.185. The molecule has 6 heteroatoms. The summed E-state index contributed by atoms with van der Waals surface area (Å²) in [6, 6.07) is 16.1. The molecule has 0 bridgehead atoms. The molecule has 3 rings (SSSR count). The molecule has 1 heterocycles. The van der Waals surface area contributed by atoms with Crippen molar-refractivity contribution in [3.05, 3.63) is 70.7 Å². The van der Waals surface area contributed by atoms with Crippen molar-refractivity contribution in [2.45, 2.75) is 29.9 Å². The normalized spacial score (nSPS) is 16.6. The van der Waals surface area contributed by atoms with Crippen molar-refractivity contribution in [2.75, 3.05) is 0 Å². The molecule has 0 unspecified atom stereocenters. The molecule has 2 amide bonds. The summed E-state index contributed by atoms with van der Waals surface area (Å²) in [7, 11) is 0. The van der Waals surface area contributed by atoms with Crippen LogP contribution < -0.4 is 0 Å². The first-order valence-electron chi connectivity index (χ1n) is 8.31. The van der Waals surface area contributed by atoms with Crippen LogP contribution in [-0.4, -0.2) is 28.3 Å². The van der Waals surface area contributed by atoms with E-state index >= 15 is 0 Å². The van der Waals surface area contributed by atoms with Crippen LogP contribution in [0.15, 0.2) is 54.6 Å². The highest BCUT2D eigenvalue weighted by Gasteiger charge is 2.40. The van der Waals surface area contributed by atoms with Crippen LogP contribution in [0.4, 0.5) is 0 Å². The maximum Gasteiger partial charge on any atom is 0.230 e. The van der Waals surface area contributed by atoms with Gasteiger partial charge in [0.2, 0.25) is 11.8 Å². The predicted octanol–water partition coefficient (Wildman–Crippen LogP) is 4.03. The summed E-state index contributed by atoms with van der Waals surface area (Å²) in [5.41, 5.74) is 1.77. The average molecular weight is 388 g/mol. The standard InChI is InChI=1S/C20H18ClNO3S/c21-16-8-4-7-15(11-16)20(22-18(24)9-10-19(22)25)17(12-23)26-13-14-5-2-1-3-6-14/h1-8,11-12,17,20H,9-10,13H2/t17-,20-/m1/s1. The first-order valence-corrected chi connectivity index (χ1v) is 9.74. The topological polar surface area (TPSA) is 54.5 Å². The minimum Gasteiger partial charge on any atom is -0.302 e. The third-order valence-corrected chi connectivity index (χ3v) is 5.78. The molecule has 134 valence electrons. The van der Waals surface area contributed by atoms with Crippen LogP contribution in [0.2, 0.25) is 5.02 Å². The Morgan fingerprint density at radius 1 is 1.04 bits per heavy atom. The van der Waals surface area contributed by atoms with Gasteiger partial charge in [0.15, 0.2) is 0 Å². The highest BCUT2D eigenvalue weighted by atomic mass is 35.5. The van der Waals surface area contributed by atoms with Crippen molar-refractivity contribution in [3.63, 3.8) is 0 Å². The highest BCUT2D eigenvalue weighted by molar-refractivity contribution is 7.99. The number of benzene rings is 2. The zero-order valence-corrected chi connectivity index (χ0v) is 15.6. The van der Waals surface area contributed by atoms with Gasteiger partial charge in [0.1, 0.15) is 6.29 Å². The van der Waals surface area contributed by atoms with Crippen LogP contribution in [0.3, 0.4) is 0 Å². The van der Waals surface area contributed by atoms with Gasteiger partial charge in [0, 0.05) is 23.6 Å². The molecule has 0 spiro atoms. The molecular weight excluding hydrogens is 370 g/mol. The van der Waals surface area contributed by atoms with E-state index in [4.69, 9.17) is 11.6 Å². The number of hydrogen-bond donors (Lipinski definition) is 0. The van der Waals surface area contributed by atoms with Crippen LogP contribution in [0, 0.1) is 0 Å². The van der Waals surface area contributed by atoms with Gasteiger partial charge >= 0.3 is 0 Å². The van der Waals surface area contributed by atoms with Crippen molar-refractivity contribution < 1.29 is 14.4 Å². The maximum atomic E-state index is 12.3. The minimum atomic E-state index is -0.651. The molecule has 0 radical (unpaired) electrons. The molecule has 0 aliphatic carbocycles. The second-order valence-corrected chi connectivity index (χ2v) is 7.66. The number of nitrogens with zero attached hydrogens (tertiary/aromatic N) is 1. The molecule has 26 heavy (non-hydrogen) atoms. The molecular formula is C20H18ClNO3S. The van der Waals surface area contributed by atoms with Crippen molar-refractivity contribution in [3.8, 4) is 0 Å². The monoisotopic (exact) mass is 387 g/mol. The SMILES string of the molecule is O=C[C@@H](SCc1ccccc1)[C@@H](c1cccc(Cl)c1)N1C(=O)CCC1=O. The number of thioether (sulfide) groups is 1. The molecule has 0 N–H and O–H groups in total. The van der Waals surface area contributed by atoms with Gasteiger partial charge in [-0.1, -0.05) is 54.1 Å². The van der Waals surface area contributed by atoms with Gasteiger partial charge in [-0.3, -0.25) is 14.5 Å². The van der Waals surface area contributed by atoms with E-state index in [-0.39, 0.29) is 24.7 Å². The molecule has 2 aromatic carbocycles. The number of imide groups is 1. The van der Waals surface area contributed by atoms with Gasteiger partial charge in [0.25, 0.3) is 0 Å². The lowest BCUT2D eigenvalue weighted by Gasteiger charge is -2.31. The van der Waals surface area contributed by atoms with E-state index in [1.165, 1.54) is 16.7 Å². The van der Waals surface area contributed by atoms with E-state index in [0.29, 0.717) is 16.3 Å². The molecule has 1 saturated heterocycles. The summed E-state index contributed by atoms with van der Waals surface area (Å²) in [4.78, 5) is 37.8. The lowest BCUT2D eigenvalue weighted by atomic mass is 10.0. The number of rotatable bonds is 7. The van der Waals surface area contributed by atoms with Crippen molar-refractivity contribution in [1.29, 1.82) is 0 Å². The Bertz CT molecular complexity index is 796. The van der Waals surface area contributed by atoms with Crippen molar-refractivity contribution in [2.24, 2.45) is 0 Å². The fourth-order valence-corrected chi connectivity index (χ4v) is 4.37. The van der Waals surface area contributed by atoms with E-state index in [1.807, 2.05) is 30.3 Å². The molecule has 0 aromatic heterocycles. The van der Waals surface area contributed by atoms with E-state index in [0.717, 1.165) is 11.8 Å². The number of carbonyl (C=O) groups excluding carboxylic acids is 3. The quantitative estimate of drug-likeness (QED) is 0.531. The Kier molecular flexibility index (Phi) is 6.12. The summed E-state index contributed by atoms with van der Waals surface area (Å²) in [6.07, 6.45) is 1.19. The Balaban J connectivity index is 1.91. The first kappa shape index (κ1) is 18.7. The lowest BCUT2D eigenvalue weighted by molar-refractivity contribution is -0.141. The fraction of sp³-hybridized carbons (Fsp3) is 0.250. The van der Waals surface area contributed by atoms with Gasteiger partial charge < -0.3 is 4.79 Å². The Morgan fingerprint density at radius 2 is 1.73 bits per heavy atom. The first-order chi connectivity index (χ1) is 12.6. The van der Waals surface area contributed by atoms with E-state index in [1.54, 1.807) is 24.3 Å². The summed E-state index contributed by atoms with van der Waals surface area (Å²) in [5, 5.41) is -0.0658. The number of likely N-dealkylation sites (tertiary alicyclic amines) is 1. The number of amides is 2. The van der Waals surface area contributed by atoms with Gasteiger partial charge in [-0.05, 0) is 23.3 Å². The molecule has 1 aliphatic rings. The van der Waals surface area contributed by atoms with Crippen LogP contribution in [0.25, 0.3) is 0 Å². The smallest absolute Gasteiger partial charge is 0.230 e. The summed E-state index contributed by atoms with van der Waals surface area (Å²) < 4.78 is 0. The number of carbonyl (C=O) groups is 3. The van der Waals surface area contributed by atoms with E-state index < -0.39 is 11.3 Å². The van der Waals surface area contributed by atoms with Gasteiger partial charge in [-0.15, -0.1) is 11.8 Å². The third-order valence-electron chi connectivity index (χ3n) is 4.29. The zero-order valence-electron chi connectivity index (χ0n) is 14.0. The van der Waals surface area contributed by atoms with Crippen molar-refractivity contribution in [1.82, 2.24) is 4.90 Å². The number of hydrogen-bond acceptors (Lipinski definition) is 4. The zero-order chi connectivity index (χ0) is 18.5. The fourth-order valence-electron chi connectivity index (χ4n) is 3.05. The third kappa shape index (κ3) is 4.17. The number of halogens is 1. The second kappa shape index (κ2) is 8.52. The second-order valence-electron chi connectivity index (χ2n) is 6.05. The summed E-state index contributed by atoms with van der Waals surface area (Å²) in [6.45, 7) is 0. The van der Waals surface area contributed by atoms with Gasteiger partial charge in [-0.25, -0.2) is 0 Å². The highest BCUT2D eigenvalue weighted by Crippen LogP contribution is 2.36. The molecule has 2 aromatic rings. The van der Waals surface area contributed by atoms with Gasteiger partial charge in [-0.2, -0.15) is 0 Å². The van der Waals surface area contributed by atoms with E-state index in [2.05, 4.69) is 0 Å². The predicted molar refractivity (Wildman–Crippen MR) is 103 cm³/mol.